The number of nitrogens with one attached hydrogen (secondary N) is 2. The highest BCUT2D eigenvalue weighted by Gasteiger charge is 2.05. The number of thiazole rings is 1. The second-order valence-corrected chi connectivity index (χ2v) is 7.26. The number of aryl methyl sites for hydroxylation is 2. The Morgan fingerprint density at radius 1 is 1.28 bits per heavy atom. The van der Waals surface area contributed by atoms with E-state index in [1.54, 1.807) is 17.5 Å². The molecule has 2 rings (SSSR count). The van der Waals surface area contributed by atoms with Crippen LogP contribution in [0.15, 0.2) is 23.3 Å². The van der Waals surface area contributed by atoms with Crippen molar-refractivity contribution in [3.05, 3.63) is 39.5 Å². The van der Waals surface area contributed by atoms with Crippen molar-refractivity contribution in [3.63, 3.8) is 0 Å². The molecule has 0 aliphatic rings. The van der Waals surface area contributed by atoms with E-state index in [1.807, 2.05) is 32.9 Å². The summed E-state index contributed by atoms with van der Waals surface area (Å²) in [5, 5.41) is 7.65. The van der Waals surface area contributed by atoms with Crippen molar-refractivity contribution in [2.45, 2.75) is 53.8 Å². The van der Waals surface area contributed by atoms with Gasteiger partial charge < -0.3 is 15.4 Å². The van der Waals surface area contributed by atoms with E-state index >= 15 is 0 Å². The summed E-state index contributed by atoms with van der Waals surface area (Å²) in [6.45, 7) is 12.2. The van der Waals surface area contributed by atoms with Crippen LogP contribution in [-0.4, -0.2) is 28.6 Å². The highest BCUT2D eigenvalue weighted by molar-refractivity contribution is 7.11. The number of guanidine groups is 1. The minimum Gasteiger partial charge on any atom is -0.475 e. The van der Waals surface area contributed by atoms with Gasteiger partial charge in [-0.05, 0) is 40.2 Å². The molecule has 2 aromatic rings. The van der Waals surface area contributed by atoms with Crippen LogP contribution in [-0.2, 0) is 13.1 Å². The molecule has 136 valence electrons. The Hall–Kier alpha value is -2.15. The number of hydrogen-bond donors (Lipinski definition) is 2. The Balaban J connectivity index is 1.94. The molecule has 0 saturated heterocycles. The smallest absolute Gasteiger partial charge is 0.213 e. The zero-order chi connectivity index (χ0) is 18.2. The molecule has 0 radical (unpaired) electrons. The van der Waals surface area contributed by atoms with Crippen LogP contribution >= 0.6 is 11.3 Å². The number of nitrogens with zero attached hydrogens (tertiary/aromatic N) is 3. The minimum atomic E-state index is 0.124. The van der Waals surface area contributed by atoms with Gasteiger partial charge in [-0.25, -0.2) is 15.0 Å². The standard InChI is InChI=1S/C18H27N5OS/c1-6-19-18(22-11-17-23-13(4)14(5)25-17)21-10-15-7-8-16(20-9-15)24-12(2)3/h7-9,12H,6,10-11H2,1-5H3,(H2,19,21,22). The third kappa shape index (κ3) is 6.34. The molecule has 2 aromatic heterocycles. The van der Waals surface area contributed by atoms with Crippen LogP contribution in [0.25, 0.3) is 0 Å². The van der Waals surface area contributed by atoms with Crippen LogP contribution in [0.2, 0.25) is 0 Å². The van der Waals surface area contributed by atoms with Crippen LogP contribution in [0.1, 0.15) is 41.9 Å². The van der Waals surface area contributed by atoms with Gasteiger partial charge in [-0.1, -0.05) is 6.07 Å². The molecule has 6 nitrogen and oxygen atoms in total. The van der Waals surface area contributed by atoms with E-state index in [0.29, 0.717) is 19.0 Å². The second-order valence-electron chi connectivity index (χ2n) is 5.97. The predicted octanol–water partition coefficient (Wildman–Crippen LogP) is 3.20. The molecule has 7 heteroatoms. The van der Waals surface area contributed by atoms with Crippen molar-refractivity contribution in [2.75, 3.05) is 6.54 Å². The number of ether oxygens (including phenoxy) is 1. The normalized spacial score (nSPS) is 11.7. The molecule has 0 amide bonds. The van der Waals surface area contributed by atoms with E-state index in [1.165, 1.54) is 4.88 Å². The first-order valence-electron chi connectivity index (χ1n) is 8.54. The lowest BCUT2D eigenvalue weighted by molar-refractivity contribution is 0.232. The maximum atomic E-state index is 5.56. The third-order valence-electron chi connectivity index (χ3n) is 3.40. The Bertz CT molecular complexity index is 674. The minimum absolute atomic E-state index is 0.124. The molecule has 0 aliphatic heterocycles. The fraction of sp³-hybridized carbons (Fsp3) is 0.500. The fourth-order valence-electron chi connectivity index (χ4n) is 2.10. The lowest BCUT2D eigenvalue weighted by atomic mass is 10.3. The number of aromatic nitrogens is 2. The van der Waals surface area contributed by atoms with Crippen molar-refractivity contribution in [2.24, 2.45) is 4.99 Å². The molecule has 0 saturated carbocycles. The fourth-order valence-corrected chi connectivity index (χ4v) is 2.98. The molecule has 0 atom stereocenters. The first-order valence-corrected chi connectivity index (χ1v) is 9.36. The van der Waals surface area contributed by atoms with Crippen LogP contribution < -0.4 is 15.4 Å². The van der Waals surface area contributed by atoms with Gasteiger partial charge in [0.1, 0.15) is 5.01 Å². The van der Waals surface area contributed by atoms with Gasteiger partial charge in [-0.3, -0.25) is 0 Å². The first-order chi connectivity index (χ1) is 12.0. The lowest BCUT2D eigenvalue weighted by Crippen LogP contribution is -2.36. The van der Waals surface area contributed by atoms with E-state index < -0.39 is 0 Å². The summed E-state index contributed by atoms with van der Waals surface area (Å²) < 4.78 is 5.56. The highest BCUT2D eigenvalue weighted by Crippen LogP contribution is 2.16. The quantitative estimate of drug-likeness (QED) is 0.585. The average Bonchev–Trinajstić information content (AvgIpc) is 2.89. The topological polar surface area (TPSA) is 71.4 Å². The summed E-state index contributed by atoms with van der Waals surface area (Å²) in [5.74, 6) is 1.41. The van der Waals surface area contributed by atoms with Gasteiger partial charge in [0.15, 0.2) is 5.96 Å². The predicted molar refractivity (Wildman–Crippen MR) is 103 cm³/mol. The van der Waals surface area contributed by atoms with E-state index in [4.69, 9.17) is 4.74 Å². The Kier molecular flexibility index (Phi) is 7.18. The summed E-state index contributed by atoms with van der Waals surface area (Å²) in [4.78, 5) is 14.7. The number of aliphatic imine (C=N–C) groups is 1. The van der Waals surface area contributed by atoms with Crippen molar-refractivity contribution >= 4 is 17.3 Å². The van der Waals surface area contributed by atoms with E-state index in [0.717, 1.165) is 28.8 Å². The zero-order valence-electron chi connectivity index (χ0n) is 15.6. The van der Waals surface area contributed by atoms with Gasteiger partial charge in [0, 0.05) is 23.7 Å². The zero-order valence-corrected chi connectivity index (χ0v) is 16.4. The summed E-state index contributed by atoms with van der Waals surface area (Å²) in [5.41, 5.74) is 2.13. The molecular weight excluding hydrogens is 334 g/mol. The van der Waals surface area contributed by atoms with E-state index in [-0.39, 0.29) is 6.10 Å². The average molecular weight is 362 g/mol. The molecule has 0 aromatic carbocycles. The van der Waals surface area contributed by atoms with E-state index in [2.05, 4.69) is 39.4 Å². The maximum Gasteiger partial charge on any atom is 0.213 e. The van der Waals surface area contributed by atoms with Crippen LogP contribution in [0.5, 0.6) is 5.88 Å². The largest absolute Gasteiger partial charge is 0.475 e. The van der Waals surface area contributed by atoms with Gasteiger partial charge in [-0.2, -0.15) is 0 Å². The Morgan fingerprint density at radius 3 is 2.64 bits per heavy atom. The third-order valence-corrected chi connectivity index (χ3v) is 4.47. The maximum absolute atomic E-state index is 5.56. The lowest BCUT2D eigenvalue weighted by Gasteiger charge is -2.10. The summed E-state index contributed by atoms with van der Waals surface area (Å²) in [6, 6.07) is 3.87. The SMILES string of the molecule is CCNC(=NCc1ccc(OC(C)C)nc1)NCc1nc(C)c(C)s1. The second kappa shape index (κ2) is 9.36. The van der Waals surface area contributed by atoms with Crippen molar-refractivity contribution in [3.8, 4) is 5.88 Å². The monoisotopic (exact) mass is 361 g/mol. The highest BCUT2D eigenvalue weighted by atomic mass is 32.1. The van der Waals surface area contributed by atoms with Crippen LogP contribution in [0.4, 0.5) is 0 Å². The van der Waals surface area contributed by atoms with Crippen LogP contribution in [0, 0.1) is 13.8 Å². The molecule has 0 spiro atoms. The molecule has 0 bridgehead atoms. The van der Waals surface area contributed by atoms with Gasteiger partial charge >= 0.3 is 0 Å². The molecule has 0 aliphatic carbocycles. The Morgan fingerprint density at radius 2 is 2.08 bits per heavy atom. The van der Waals surface area contributed by atoms with Crippen molar-refractivity contribution in [1.29, 1.82) is 0 Å². The summed E-state index contributed by atoms with van der Waals surface area (Å²) in [6.07, 6.45) is 1.93. The molecule has 0 unspecified atom stereocenters. The number of hydrogen-bond acceptors (Lipinski definition) is 5. The van der Waals surface area contributed by atoms with E-state index in [9.17, 15) is 0 Å². The summed E-state index contributed by atoms with van der Waals surface area (Å²) in [7, 11) is 0. The van der Waals surface area contributed by atoms with Gasteiger partial charge in [-0.15, -0.1) is 11.3 Å². The molecule has 0 fully saturated rings. The number of pyridine rings is 1. The van der Waals surface area contributed by atoms with Crippen molar-refractivity contribution < 1.29 is 4.74 Å². The Labute approximate surface area is 153 Å². The molecule has 2 heterocycles. The van der Waals surface area contributed by atoms with Gasteiger partial charge in [0.05, 0.1) is 24.9 Å². The van der Waals surface area contributed by atoms with Gasteiger partial charge in [0.2, 0.25) is 5.88 Å². The first kappa shape index (κ1) is 19.2. The molecular formula is C18H27N5OS. The number of rotatable bonds is 7. The van der Waals surface area contributed by atoms with Crippen molar-refractivity contribution in [1.82, 2.24) is 20.6 Å². The molecule has 2 N–H and O–H groups in total. The van der Waals surface area contributed by atoms with Crippen LogP contribution in [0.3, 0.4) is 0 Å². The molecule has 25 heavy (non-hydrogen) atoms. The van der Waals surface area contributed by atoms with Gasteiger partial charge in [0.25, 0.3) is 0 Å². The summed E-state index contributed by atoms with van der Waals surface area (Å²) >= 11 is 1.71.